The molecule has 1 aliphatic heterocycles. The first kappa shape index (κ1) is 16.1. The Labute approximate surface area is 139 Å². The molecule has 3 rings (SSSR count). The number of benzene rings is 1. The predicted molar refractivity (Wildman–Crippen MR) is 88.6 cm³/mol. The highest BCUT2D eigenvalue weighted by Gasteiger charge is 2.23. The number of imidazole rings is 1. The Balaban J connectivity index is 1.86. The fraction of sp³-hybridized carbons (Fsp3) is 0.438. The van der Waals surface area contributed by atoms with Crippen molar-refractivity contribution in [2.45, 2.75) is 32.9 Å². The summed E-state index contributed by atoms with van der Waals surface area (Å²) >= 11 is 0. The number of aryl methyl sites for hydroxylation is 1. The summed E-state index contributed by atoms with van der Waals surface area (Å²) in [5.74, 6) is 1.78. The van der Waals surface area contributed by atoms with E-state index >= 15 is 0 Å². The van der Waals surface area contributed by atoms with E-state index < -0.39 is 4.92 Å². The average molecular weight is 332 g/mol. The summed E-state index contributed by atoms with van der Waals surface area (Å²) in [7, 11) is 1.71. The quantitative estimate of drug-likeness (QED) is 0.646. The number of nitro groups is 1. The molecule has 0 amide bonds. The molecule has 1 unspecified atom stereocenters. The van der Waals surface area contributed by atoms with Gasteiger partial charge in [-0.3, -0.25) is 4.57 Å². The first-order valence-electron chi connectivity index (χ1n) is 7.84. The second-order valence-corrected chi connectivity index (χ2v) is 5.77. The molecular weight excluding hydrogens is 312 g/mol. The van der Waals surface area contributed by atoms with Crippen molar-refractivity contribution in [1.82, 2.24) is 9.55 Å². The molecule has 1 aliphatic rings. The molecule has 8 heteroatoms. The Hall–Kier alpha value is -2.77. The molecule has 0 saturated heterocycles. The van der Waals surface area contributed by atoms with Crippen LogP contribution in [0.25, 0.3) is 0 Å². The minimum atomic E-state index is -0.501. The molecule has 8 nitrogen and oxygen atoms in total. The fourth-order valence-electron chi connectivity index (χ4n) is 2.84. The topological polar surface area (TPSA) is 91.5 Å². The maximum atomic E-state index is 11.1. The minimum Gasteiger partial charge on any atom is -0.494 e. The maximum Gasteiger partial charge on any atom is 0.406 e. The van der Waals surface area contributed by atoms with Crippen molar-refractivity contribution in [2.24, 2.45) is 7.05 Å². The smallest absolute Gasteiger partial charge is 0.406 e. The van der Waals surface area contributed by atoms with Crippen LogP contribution in [0.2, 0.25) is 0 Å². The van der Waals surface area contributed by atoms with Gasteiger partial charge < -0.3 is 24.9 Å². The minimum absolute atomic E-state index is 0.149. The van der Waals surface area contributed by atoms with Gasteiger partial charge in [0.25, 0.3) is 0 Å². The highest BCUT2D eigenvalue weighted by molar-refractivity contribution is 5.54. The zero-order chi connectivity index (χ0) is 17.3. The molecule has 0 saturated carbocycles. The molecule has 2 heterocycles. The first-order valence-corrected chi connectivity index (χ1v) is 7.84. The van der Waals surface area contributed by atoms with Crippen molar-refractivity contribution in [3.05, 3.63) is 39.7 Å². The third-order valence-corrected chi connectivity index (χ3v) is 3.92. The standard InChI is InChI=1S/C16H20N4O4/c1-4-23-13-6-11-5-10(2)24-14(11)7-12(13)8-17-15-16(20(21)22)18-9-19(15)3/h6-7,9-10,17H,4-5,8H2,1-3H3. The Morgan fingerprint density at radius 2 is 2.33 bits per heavy atom. The number of hydrogen-bond donors (Lipinski definition) is 1. The van der Waals surface area contributed by atoms with Crippen molar-refractivity contribution in [1.29, 1.82) is 0 Å². The van der Waals surface area contributed by atoms with Gasteiger partial charge in [0.15, 0.2) is 0 Å². The number of hydrogen-bond acceptors (Lipinski definition) is 6. The summed E-state index contributed by atoms with van der Waals surface area (Å²) in [5.41, 5.74) is 2.02. The first-order chi connectivity index (χ1) is 11.5. The lowest BCUT2D eigenvalue weighted by atomic mass is 10.1. The molecule has 24 heavy (non-hydrogen) atoms. The predicted octanol–water partition coefficient (Wildman–Crippen LogP) is 2.66. The summed E-state index contributed by atoms with van der Waals surface area (Å²) in [4.78, 5) is 14.3. The summed E-state index contributed by atoms with van der Waals surface area (Å²) in [5, 5.41) is 14.1. The lowest BCUT2D eigenvalue weighted by Crippen LogP contribution is -2.08. The van der Waals surface area contributed by atoms with Crippen LogP contribution in [0.4, 0.5) is 11.6 Å². The third-order valence-electron chi connectivity index (χ3n) is 3.92. The maximum absolute atomic E-state index is 11.1. The van der Waals surface area contributed by atoms with E-state index in [1.165, 1.54) is 6.33 Å². The number of anilines is 1. The fourth-order valence-corrected chi connectivity index (χ4v) is 2.84. The zero-order valence-electron chi connectivity index (χ0n) is 13.9. The van der Waals surface area contributed by atoms with E-state index in [0.29, 0.717) is 19.0 Å². The largest absolute Gasteiger partial charge is 0.494 e. The van der Waals surface area contributed by atoms with Crippen LogP contribution >= 0.6 is 0 Å². The molecule has 0 fully saturated rings. The van der Waals surface area contributed by atoms with Crippen LogP contribution in [0.15, 0.2) is 18.5 Å². The normalized spacial score (nSPS) is 15.7. The van der Waals surface area contributed by atoms with Crippen LogP contribution in [0.1, 0.15) is 25.0 Å². The highest BCUT2D eigenvalue weighted by atomic mass is 16.6. The Morgan fingerprint density at radius 3 is 3.04 bits per heavy atom. The number of ether oxygens (including phenoxy) is 2. The Bertz CT molecular complexity index is 772. The molecular formula is C16H20N4O4. The van der Waals surface area contributed by atoms with Gasteiger partial charge in [0.1, 0.15) is 17.6 Å². The molecule has 2 aromatic rings. The summed E-state index contributed by atoms with van der Waals surface area (Å²) in [6.45, 7) is 4.88. The van der Waals surface area contributed by atoms with E-state index in [2.05, 4.69) is 10.3 Å². The van der Waals surface area contributed by atoms with E-state index in [-0.39, 0.29) is 11.9 Å². The van der Waals surface area contributed by atoms with E-state index in [0.717, 1.165) is 29.0 Å². The van der Waals surface area contributed by atoms with Gasteiger partial charge >= 0.3 is 5.82 Å². The van der Waals surface area contributed by atoms with Crippen LogP contribution in [-0.2, 0) is 20.0 Å². The number of nitrogens with zero attached hydrogens (tertiary/aromatic N) is 3. The Morgan fingerprint density at radius 1 is 1.54 bits per heavy atom. The zero-order valence-corrected chi connectivity index (χ0v) is 13.9. The van der Waals surface area contributed by atoms with E-state index in [4.69, 9.17) is 9.47 Å². The van der Waals surface area contributed by atoms with Gasteiger partial charge in [0, 0.05) is 31.1 Å². The highest BCUT2D eigenvalue weighted by Crippen LogP contribution is 2.35. The van der Waals surface area contributed by atoms with Crippen molar-refractivity contribution in [3.63, 3.8) is 0 Å². The number of aromatic nitrogens is 2. The van der Waals surface area contributed by atoms with Gasteiger partial charge in [-0.25, -0.2) is 0 Å². The number of rotatable bonds is 6. The van der Waals surface area contributed by atoms with Crippen LogP contribution in [-0.4, -0.2) is 27.2 Å². The Kier molecular flexibility index (Phi) is 4.28. The van der Waals surface area contributed by atoms with Gasteiger partial charge in [-0.1, -0.05) is 0 Å². The third kappa shape index (κ3) is 2.99. The van der Waals surface area contributed by atoms with Gasteiger partial charge in [0.2, 0.25) is 12.1 Å². The molecule has 1 aromatic carbocycles. The monoisotopic (exact) mass is 332 g/mol. The molecule has 1 aromatic heterocycles. The van der Waals surface area contributed by atoms with E-state index in [1.807, 2.05) is 26.0 Å². The van der Waals surface area contributed by atoms with Crippen LogP contribution in [0.3, 0.4) is 0 Å². The summed E-state index contributed by atoms with van der Waals surface area (Å²) in [6.07, 6.45) is 2.42. The molecule has 0 radical (unpaired) electrons. The molecule has 0 spiro atoms. The number of nitrogens with one attached hydrogen (secondary N) is 1. The van der Waals surface area contributed by atoms with Crippen molar-refractivity contribution in [2.75, 3.05) is 11.9 Å². The molecule has 0 aliphatic carbocycles. The lowest BCUT2D eigenvalue weighted by molar-refractivity contribution is -0.388. The van der Waals surface area contributed by atoms with Gasteiger partial charge in [-0.2, -0.15) is 0 Å². The lowest BCUT2D eigenvalue weighted by Gasteiger charge is -2.13. The average Bonchev–Trinajstić information content (AvgIpc) is 3.06. The van der Waals surface area contributed by atoms with Crippen molar-refractivity contribution < 1.29 is 14.4 Å². The molecule has 1 N–H and O–H groups in total. The van der Waals surface area contributed by atoms with Crippen molar-refractivity contribution >= 4 is 11.6 Å². The van der Waals surface area contributed by atoms with Gasteiger partial charge in [-0.05, 0) is 35.9 Å². The van der Waals surface area contributed by atoms with Crippen LogP contribution < -0.4 is 14.8 Å². The SMILES string of the molecule is CCOc1cc2c(cc1CNc1c([N+](=O)[O-])ncn1C)OC(C)C2. The second-order valence-electron chi connectivity index (χ2n) is 5.77. The summed E-state index contributed by atoms with van der Waals surface area (Å²) < 4.78 is 13.1. The van der Waals surface area contributed by atoms with Crippen LogP contribution in [0.5, 0.6) is 11.5 Å². The molecule has 0 bridgehead atoms. The number of fused-ring (bicyclic) bond motifs is 1. The van der Waals surface area contributed by atoms with Gasteiger partial charge in [0.05, 0.1) is 6.61 Å². The molecule has 128 valence electrons. The van der Waals surface area contributed by atoms with E-state index in [9.17, 15) is 10.1 Å². The molecule has 1 atom stereocenters. The van der Waals surface area contributed by atoms with Crippen molar-refractivity contribution in [3.8, 4) is 11.5 Å². The van der Waals surface area contributed by atoms with Gasteiger partial charge in [-0.15, -0.1) is 0 Å². The van der Waals surface area contributed by atoms with E-state index in [1.54, 1.807) is 11.6 Å². The second kappa shape index (κ2) is 6.38. The summed E-state index contributed by atoms with van der Waals surface area (Å²) in [6, 6.07) is 3.94. The van der Waals surface area contributed by atoms with Crippen LogP contribution in [0, 0.1) is 10.1 Å².